The molecule has 0 radical (unpaired) electrons. The molecule has 0 bridgehead atoms. The summed E-state index contributed by atoms with van der Waals surface area (Å²) in [6, 6.07) is 4.27. The molecule has 0 aromatic carbocycles. The van der Waals surface area contributed by atoms with Crippen LogP contribution in [0.1, 0.15) is 49.8 Å². The van der Waals surface area contributed by atoms with E-state index in [1.807, 2.05) is 6.07 Å². The van der Waals surface area contributed by atoms with Crippen molar-refractivity contribution in [1.82, 2.24) is 14.0 Å². The van der Waals surface area contributed by atoms with Crippen molar-refractivity contribution in [2.45, 2.75) is 45.7 Å². The summed E-state index contributed by atoms with van der Waals surface area (Å²) in [5.74, 6) is 2.59. The molecule has 3 rings (SSSR count). The summed E-state index contributed by atoms with van der Waals surface area (Å²) in [6.45, 7) is 5.79. The predicted octanol–water partition coefficient (Wildman–Crippen LogP) is 2.21. The van der Waals surface area contributed by atoms with Gasteiger partial charge >= 0.3 is 5.69 Å². The number of aromatic nitrogens is 2. The number of hydrogen-bond donors (Lipinski definition) is 0. The van der Waals surface area contributed by atoms with Crippen LogP contribution in [-0.2, 0) is 27.1 Å². The molecule has 0 unspecified atom stereocenters. The van der Waals surface area contributed by atoms with Crippen molar-refractivity contribution >= 4 is 0 Å². The minimum Gasteiger partial charge on any atom is -0.464 e. The molecule has 0 saturated carbocycles. The van der Waals surface area contributed by atoms with E-state index in [9.17, 15) is 9.59 Å². The number of hydrogen-bond acceptors (Lipinski definition) is 4. The van der Waals surface area contributed by atoms with Gasteiger partial charge in [0.2, 0.25) is 0 Å². The highest BCUT2D eigenvalue weighted by Gasteiger charge is 2.30. The number of aryl methyl sites for hydroxylation is 2. The second-order valence-corrected chi connectivity index (χ2v) is 7.19. The molecule has 2 aromatic rings. The van der Waals surface area contributed by atoms with E-state index < -0.39 is 0 Å². The minimum atomic E-state index is -0.295. The lowest BCUT2D eigenvalue weighted by Crippen LogP contribution is -2.42. The molecule has 6 nitrogen and oxygen atoms in total. The van der Waals surface area contributed by atoms with Gasteiger partial charge in [0, 0.05) is 38.8 Å². The van der Waals surface area contributed by atoms with Crippen LogP contribution in [0.15, 0.2) is 32.3 Å². The van der Waals surface area contributed by atoms with Gasteiger partial charge in [0.25, 0.3) is 5.56 Å². The van der Waals surface area contributed by atoms with Gasteiger partial charge < -0.3 is 8.98 Å². The van der Waals surface area contributed by atoms with Crippen molar-refractivity contribution < 1.29 is 4.42 Å². The van der Waals surface area contributed by atoms with Crippen LogP contribution in [0.25, 0.3) is 0 Å². The smallest absolute Gasteiger partial charge is 0.330 e. The van der Waals surface area contributed by atoms with Crippen molar-refractivity contribution in [2.24, 2.45) is 20.0 Å². The molecule has 2 aromatic heterocycles. The summed E-state index contributed by atoms with van der Waals surface area (Å²) in [5.41, 5.74) is 0.136. The summed E-state index contributed by atoms with van der Waals surface area (Å²) in [4.78, 5) is 26.7. The Morgan fingerprint density at radius 1 is 1.24 bits per heavy atom. The zero-order valence-corrected chi connectivity index (χ0v) is 15.5. The molecule has 2 atom stereocenters. The van der Waals surface area contributed by atoms with E-state index in [0.29, 0.717) is 18.0 Å². The van der Waals surface area contributed by atoms with Crippen LogP contribution < -0.4 is 11.2 Å². The topological polar surface area (TPSA) is 60.4 Å². The summed E-state index contributed by atoms with van der Waals surface area (Å²) in [6.07, 6.45) is 4.66. The van der Waals surface area contributed by atoms with Gasteiger partial charge in [-0.25, -0.2) is 4.79 Å². The largest absolute Gasteiger partial charge is 0.464 e. The van der Waals surface area contributed by atoms with Crippen molar-refractivity contribution in [1.29, 1.82) is 0 Å². The number of likely N-dealkylation sites (tertiary alicyclic amines) is 1. The number of nitrogens with zero attached hydrogens (tertiary/aromatic N) is 3. The van der Waals surface area contributed by atoms with Gasteiger partial charge in [0.15, 0.2) is 0 Å². The molecular weight excluding hydrogens is 318 g/mol. The molecule has 1 fully saturated rings. The van der Waals surface area contributed by atoms with E-state index in [4.69, 9.17) is 4.42 Å². The average Bonchev–Trinajstić information content (AvgIpc) is 3.08. The van der Waals surface area contributed by atoms with E-state index in [1.165, 1.54) is 16.2 Å². The molecular formula is C19H27N3O3. The highest BCUT2D eigenvalue weighted by molar-refractivity contribution is 5.13. The Kier molecular flexibility index (Phi) is 4.99. The molecule has 25 heavy (non-hydrogen) atoms. The fourth-order valence-corrected chi connectivity index (χ4v) is 3.65. The summed E-state index contributed by atoms with van der Waals surface area (Å²) < 4.78 is 8.66. The maximum absolute atomic E-state index is 12.5. The van der Waals surface area contributed by atoms with Crippen LogP contribution in [0.3, 0.4) is 0 Å². The van der Waals surface area contributed by atoms with Crippen LogP contribution in [0.4, 0.5) is 0 Å². The van der Waals surface area contributed by atoms with Gasteiger partial charge in [0.1, 0.15) is 11.5 Å². The van der Waals surface area contributed by atoms with Crippen molar-refractivity contribution in [2.75, 3.05) is 6.54 Å². The second-order valence-electron chi connectivity index (χ2n) is 7.19. The number of piperidine rings is 1. The molecule has 1 aliphatic rings. The molecule has 0 N–H and O–H groups in total. The Balaban J connectivity index is 1.92. The Bertz CT molecular complexity index is 862. The molecule has 0 aliphatic carbocycles. The van der Waals surface area contributed by atoms with E-state index in [-0.39, 0.29) is 17.3 Å². The van der Waals surface area contributed by atoms with Crippen LogP contribution >= 0.6 is 0 Å². The monoisotopic (exact) mass is 345 g/mol. The minimum absolute atomic E-state index is 0.172. The van der Waals surface area contributed by atoms with E-state index in [2.05, 4.69) is 24.8 Å². The Hall–Kier alpha value is -2.08. The summed E-state index contributed by atoms with van der Waals surface area (Å²) in [5, 5.41) is 0. The van der Waals surface area contributed by atoms with Crippen LogP contribution in [0, 0.1) is 5.92 Å². The van der Waals surface area contributed by atoms with Gasteiger partial charge in [-0.15, -0.1) is 0 Å². The first kappa shape index (κ1) is 17.7. The van der Waals surface area contributed by atoms with Gasteiger partial charge in [-0.2, -0.15) is 0 Å². The predicted molar refractivity (Wildman–Crippen MR) is 96.6 cm³/mol. The third kappa shape index (κ3) is 3.49. The molecule has 136 valence electrons. The first-order valence-electron chi connectivity index (χ1n) is 8.98. The Morgan fingerprint density at radius 2 is 2.00 bits per heavy atom. The SMILES string of the molecule is CCc1ccc([C@@H]2C[C@@H](C)CCN2Cc2cn(C)c(=O)n(C)c2=O)o1. The average molecular weight is 345 g/mol. The summed E-state index contributed by atoms with van der Waals surface area (Å²) >= 11 is 0. The lowest BCUT2D eigenvalue weighted by atomic mass is 9.91. The standard InChI is InChI=1S/C19H27N3O3/c1-5-15-6-7-17(25-15)16-10-13(2)8-9-22(16)12-14-11-20(3)19(24)21(4)18(14)23/h6-7,11,13,16H,5,8-10,12H2,1-4H3/t13-,16-/m0/s1. The van der Waals surface area contributed by atoms with E-state index in [0.717, 1.165) is 37.3 Å². The number of furan rings is 1. The molecule has 1 aliphatic heterocycles. The van der Waals surface area contributed by atoms with E-state index >= 15 is 0 Å². The van der Waals surface area contributed by atoms with Crippen molar-refractivity contribution in [3.8, 4) is 0 Å². The van der Waals surface area contributed by atoms with Gasteiger partial charge in [0.05, 0.1) is 6.04 Å². The fraction of sp³-hybridized carbons (Fsp3) is 0.579. The maximum atomic E-state index is 12.5. The maximum Gasteiger partial charge on any atom is 0.330 e. The van der Waals surface area contributed by atoms with Crippen molar-refractivity contribution in [3.63, 3.8) is 0 Å². The quantitative estimate of drug-likeness (QED) is 0.852. The molecule has 0 amide bonds. The van der Waals surface area contributed by atoms with Gasteiger partial charge in [-0.1, -0.05) is 13.8 Å². The highest BCUT2D eigenvalue weighted by Crippen LogP contribution is 2.35. The molecule has 3 heterocycles. The van der Waals surface area contributed by atoms with Crippen LogP contribution in [0.2, 0.25) is 0 Å². The fourth-order valence-electron chi connectivity index (χ4n) is 3.65. The Labute approximate surface area is 147 Å². The van der Waals surface area contributed by atoms with E-state index in [1.54, 1.807) is 13.2 Å². The third-order valence-electron chi connectivity index (χ3n) is 5.23. The molecule has 6 heteroatoms. The zero-order valence-electron chi connectivity index (χ0n) is 15.5. The first-order chi connectivity index (χ1) is 11.9. The Morgan fingerprint density at radius 3 is 2.68 bits per heavy atom. The van der Waals surface area contributed by atoms with Crippen molar-refractivity contribution in [3.05, 3.63) is 56.3 Å². The van der Waals surface area contributed by atoms with Gasteiger partial charge in [-0.05, 0) is 37.4 Å². The van der Waals surface area contributed by atoms with Crippen LogP contribution in [0.5, 0.6) is 0 Å². The number of rotatable bonds is 4. The second kappa shape index (κ2) is 7.04. The highest BCUT2D eigenvalue weighted by atomic mass is 16.3. The molecule has 1 saturated heterocycles. The third-order valence-corrected chi connectivity index (χ3v) is 5.23. The lowest BCUT2D eigenvalue weighted by Gasteiger charge is -2.37. The lowest BCUT2D eigenvalue weighted by molar-refractivity contribution is 0.0927. The summed E-state index contributed by atoms with van der Waals surface area (Å²) in [7, 11) is 3.21. The zero-order chi connectivity index (χ0) is 18.1. The normalized spacial score (nSPS) is 21.6. The first-order valence-corrected chi connectivity index (χ1v) is 8.98. The molecule has 0 spiro atoms. The van der Waals surface area contributed by atoms with Gasteiger partial charge in [-0.3, -0.25) is 14.3 Å². The van der Waals surface area contributed by atoms with Crippen LogP contribution in [-0.4, -0.2) is 20.6 Å².